The van der Waals surface area contributed by atoms with E-state index in [1.54, 1.807) is 23.1 Å². The van der Waals surface area contributed by atoms with Gasteiger partial charge in [-0.2, -0.15) is 0 Å². The molecular formula is C33H35F3N4O6S. The average molecular weight is 673 g/mol. The molecule has 2 saturated heterocycles. The number of pyridine rings is 1. The predicted octanol–water partition coefficient (Wildman–Crippen LogP) is 4.51. The maximum absolute atomic E-state index is 13.1. The van der Waals surface area contributed by atoms with Crippen LogP contribution < -0.4 is 10.1 Å². The number of rotatable bonds is 9. The van der Waals surface area contributed by atoms with Gasteiger partial charge in [-0.1, -0.05) is 24.3 Å². The third kappa shape index (κ3) is 9.16. The van der Waals surface area contributed by atoms with E-state index in [0.29, 0.717) is 69.5 Å². The number of hydrogen-bond donors (Lipinski definition) is 1. The fourth-order valence-electron chi connectivity index (χ4n) is 5.83. The smallest absolute Gasteiger partial charge is 0.406 e. The molecule has 2 aromatic carbocycles. The van der Waals surface area contributed by atoms with Gasteiger partial charge in [-0.3, -0.25) is 24.3 Å². The number of piperidine rings is 2. The number of benzene rings is 2. The predicted molar refractivity (Wildman–Crippen MR) is 166 cm³/mol. The minimum atomic E-state index is -4.73. The lowest BCUT2D eigenvalue weighted by Crippen LogP contribution is -2.44. The fraction of sp³-hybridized carbons (Fsp3) is 0.394. The SMILES string of the molecule is CS(=O)(=O)c1ccc(C(=O)C2CCN(C(=O)c3ccc(C(=O)NC4CCN(Cc5ccc(OC(F)(F)F)cc5)CC4)nc3)CC2)cc1. The lowest BCUT2D eigenvalue weighted by molar-refractivity contribution is -0.274. The first kappa shape index (κ1) is 34.0. The van der Waals surface area contributed by atoms with Crippen molar-refractivity contribution in [2.24, 2.45) is 5.92 Å². The van der Waals surface area contributed by atoms with Crippen molar-refractivity contribution in [3.8, 4) is 5.75 Å². The molecule has 2 fully saturated rings. The first-order valence-corrected chi connectivity index (χ1v) is 17.1. The summed E-state index contributed by atoms with van der Waals surface area (Å²) in [6.07, 6.45) is 0.116. The quantitative estimate of drug-likeness (QED) is 0.329. The van der Waals surface area contributed by atoms with Crippen molar-refractivity contribution in [3.63, 3.8) is 0 Å². The van der Waals surface area contributed by atoms with Crippen molar-refractivity contribution < 1.29 is 40.7 Å². The molecule has 1 N–H and O–H groups in total. The number of halogens is 3. The fourth-order valence-corrected chi connectivity index (χ4v) is 6.46. The van der Waals surface area contributed by atoms with Gasteiger partial charge in [-0.15, -0.1) is 13.2 Å². The van der Waals surface area contributed by atoms with Crippen molar-refractivity contribution in [1.82, 2.24) is 20.1 Å². The van der Waals surface area contributed by atoms with Gasteiger partial charge in [0.25, 0.3) is 11.8 Å². The molecule has 0 bridgehead atoms. The summed E-state index contributed by atoms with van der Waals surface area (Å²) in [5.41, 5.74) is 1.83. The van der Waals surface area contributed by atoms with Crippen LogP contribution in [0.4, 0.5) is 13.2 Å². The number of ether oxygens (including phenoxy) is 1. The Morgan fingerprint density at radius 3 is 2.04 bits per heavy atom. The zero-order valence-electron chi connectivity index (χ0n) is 25.7. The normalized spacial score (nSPS) is 16.9. The number of nitrogens with zero attached hydrogens (tertiary/aromatic N) is 3. The second-order valence-electron chi connectivity index (χ2n) is 11.9. The van der Waals surface area contributed by atoms with Gasteiger partial charge in [-0.25, -0.2) is 8.42 Å². The Morgan fingerprint density at radius 1 is 0.872 bits per heavy atom. The Bertz CT molecular complexity index is 1680. The summed E-state index contributed by atoms with van der Waals surface area (Å²) < 4.78 is 64.4. The molecule has 0 unspecified atom stereocenters. The van der Waals surface area contributed by atoms with E-state index in [-0.39, 0.29) is 45.9 Å². The van der Waals surface area contributed by atoms with Gasteiger partial charge in [0.1, 0.15) is 11.4 Å². The number of ketones is 1. The van der Waals surface area contributed by atoms with Crippen molar-refractivity contribution in [2.45, 2.75) is 49.5 Å². The first-order chi connectivity index (χ1) is 22.2. The Morgan fingerprint density at radius 2 is 1.49 bits per heavy atom. The van der Waals surface area contributed by atoms with Crippen LogP contribution in [0.15, 0.2) is 71.8 Å². The number of carbonyl (C=O) groups is 3. The Kier molecular flexibility index (Phi) is 10.3. The van der Waals surface area contributed by atoms with Crippen molar-refractivity contribution in [1.29, 1.82) is 0 Å². The summed E-state index contributed by atoms with van der Waals surface area (Å²) in [4.78, 5) is 47.1. The molecule has 0 aliphatic carbocycles. The van der Waals surface area contributed by atoms with E-state index in [2.05, 4.69) is 19.9 Å². The Hall–Kier alpha value is -4.30. The summed E-state index contributed by atoms with van der Waals surface area (Å²) in [5.74, 6) is -1.18. The van der Waals surface area contributed by atoms with Gasteiger partial charge in [-0.05, 0) is 67.6 Å². The van der Waals surface area contributed by atoms with E-state index < -0.39 is 16.2 Å². The number of amides is 2. The summed E-state index contributed by atoms with van der Waals surface area (Å²) in [5, 5.41) is 2.99. The van der Waals surface area contributed by atoms with Crippen LogP contribution in [-0.4, -0.2) is 85.6 Å². The minimum Gasteiger partial charge on any atom is -0.406 e. The molecule has 2 aliphatic heterocycles. The third-order valence-corrected chi connectivity index (χ3v) is 9.58. The highest BCUT2D eigenvalue weighted by Gasteiger charge is 2.31. The van der Waals surface area contributed by atoms with Crippen LogP contribution in [0.5, 0.6) is 5.75 Å². The van der Waals surface area contributed by atoms with Gasteiger partial charge in [0.2, 0.25) is 0 Å². The second kappa shape index (κ2) is 14.2. The third-order valence-electron chi connectivity index (χ3n) is 8.45. The largest absolute Gasteiger partial charge is 0.573 e. The molecule has 2 aliphatic rings. The zero-order valence-corrected chi connectivity index (χ0v) is 26.5. The molecule has 1 aromatic heterocycles. The van der Waals surface area contributed by atoms with Gasteiger partial charge in [0, 0.05) is 62.7 Å². The second-order valence-corrected chi connectivity index (χ2v) is 13.9. The molecule has 3 heterocycles. The van der Waals surface area contributed by atoms with Gasteiger partial charge in [0.15, 0.2) is 15.6 Å². The number of nitrogens with one attached hydrogen (secondary N) is 1. The first-order valence-electron chi connectivity index (χ1n) is 15.2. The Labute approximate surface area is 270 Å². The van der Waals surface area contributed by atoms with Crippen LogP contribution in [0.25, 0.3) is 0 Å². The highest BCUT2D eigenvalue weighted by molar-refractivity contribution is 7.90. The van der Waals surface area contributed by atoms with Crippen LogP contribution in [0.2, 0.25) is 0 Å². The molecule has 2 amide bonds. The van der Waals surface area contributed by atoms with Crippen molar-refractivity contribution in [3.05, 3.63) is 89.2 Å². The number of hydrogen-bond acceptors (Lipinski definition) is 8. The van der Waals surface area contributed by atoms with E-state index in [4.69, 9.17) is 0 Å². The number of sulfone groups is 1. The van der Waals surface area contributed by atoms with Crippen molar-refractivity contribution >= 4 is 27.4 Å². The topological polar surface area (TPSA) is 126 Å². The Balaban J connectivity index is 1.05. The molecule has 14 heteroatoms. The van der Waals surface area contributed by atoms with Crippen molar-refractivity contribution in [2.75, 3.05) is 32.4 Å². The van der Waals surface area contributed by atoms with E-state index in [9.17, 15) is 36.0 Å². The number of Topliss-reactive ketones (excluding diaryl/α,β-unsaturated/α-hetero) is 1. The van der Waals surface area contributed by atoms with E-state index in [1.165, 1.54) is 48.7 Å². The number of aromatic nitrogens is 1. The van der Waals surface area contributed by atoms with E-state index in [1.807, 2.05) is 0 Å². The highest BCUT2D eigenvalue weighted by Crippen LogP contribution is 2.25. The lowest BCUT2D eigenvalue weighted by Gasteiger charge is -2.32. The summed E-state index contributed by atoms with van der Waals surface area (Å²) in [6, 6.07) is 14.7. The van der Waals surface area contributed by atoms with Crippen LogP contribution in [-0.2, 0) is 16.4 Å². The molecule has 3 aromatic rings. The number of alkyl halides is 3. The molecule has 10 nitrogen and oxygen atoms in total. The molecule has 0 radical (unpaired) electrons. The molecule has 0 saturated carbocycles. The minimum absolute atomic E-state index is 0.0638. The monoisotopic (exact) mass is 672 g/mol. The standard InChI is InChI=1S/C33H35F3N4O6S/c1-47(44,45)28-9-4-23(5-10-28)30(41)24-12-18-40(19-13-24)32(43)25-6-11-29(37-20-25)31(42)38-26-14-16-39(17-15-26)21-22-2-7-27(8-3-22)46-33(34,35)36/h2-11,20,24,26H,12-19,21H2,1H3,(H,38,42). The van der Waals surface area contributed by atoms with E-state index >= 15 is 0 Å². The van der Waals surface area contributed by atoms with E-state index in [0.717, 1.165) is 11.8 Å². The maximum Gasteiger partial charge on any atom is 0.573 e. The number of carbonyl (C=O) groups excluding carboxylic acids is 3. The summed E-state index contributed by atoms with van der Waals surface area (Å²) >= 11 is 0. The van der Waals surface area contributed by atoms with Crippen LogP contribution in [0.1, 0.15) is 62.5 Å². The zero-order chi connectivity index (χ0) is 33.8. The molecule has 0 atom stereocenters. The molecule has 5 rings (SSSR count). The van der Waals surface area contributed by atoms with Crippen LogP contribution >= 0.6 is 0 Å². The number of likely N-dealkylation sites (tertiary alicyclic amines) is 2. The lowest BCUT2D eigenvalue weighted by atomic mass is 9.88. The average Bonchev–Trinajstić information content (AvgIpc) is 3.05. The molecule has 0 spiro atoms. The highest BCUT2D eigenvalue weighted by atomic mass is 32.2. The van der Waals surface area contributed by atoms with Gasteiger partial charge in [0.05, 0.1) is 10.5 Å². The maximum atomic E-state index is 13.1. The molecule has 47 heavy (non-hydrogen) atoms. The van der Waals surface area contributed by atoms with Gasteiger partial charge < -0.3 is 15.0 Å². The van der Waals surface area contributed by atoms with Crippen LogP contribution in [0.3, 0.4) is 0 Å². The summed E-state index contributed by atoms with van der Waals surface area (Å²) in [6.45, 7) is 2.73. The van der Waals surface area contributed by atoms with Crippen LogP contribution in [0, 0.1) is 5.92 Å². The molecule has 250 valence electrons. The van der Waals surface area contributed by atoms with Gasteiger partial charge >= 0.3 is 6.36 Å². The molecular weight excluding hydrogens is 637 g/mol. The summed E-state index contributed by atoms with van der Waals surface area (Å²) in [7, 11) is -3.35.